The van der Waals surface area contributed by atoms with E-state index in [0.717, 1.165) is 5.69 Å². The molecule has 0 bridgehead atoms. The van der Waals surface area contributed by atoms with Crippen molar-refractivity contribution in [2.45, 2.75) is 0 Å². The summed E-state index contributed by atoms with van der Waals surface area (Å²) in [4.78, 5) is 1.51. The van der Waals surface area contributed by atoms with E-state index in [1.165, 1.54) is 4.80 Å². The molecule has 0 spiro atoms. The average molecular weight is 212 g/mol. The second kappa shape index (κ2) is 3.54. The van der Waals surface area contributed by atoms with Crippen LogP contribution in [-0.2, 0) is 0 Å². The van der Waals surface area contributed by atoms with Crippen molar-refractivity contribution in [1.82, 2.24) is 35.6 Å². The van der Waals surface area contributed by atoms with Gasteiger partial charge in [0.25, 0.3) is 0 Å². The molecular weight excluding hydrogens is 206 g/mol. The van der Waals surface area contributed by atoms with Gasteiger partial charge < -0.3 is 5.10 Å². The number of para-hydroxylation sites is 1. The van der Waals surface area contributed by atoms with Crippen LogP contribution in [0, 0.1) is 0 Å². The van der Waals surface area contributed by atoms with Gasteiger partial charge in [-0.05, 0) is 12.1 Å². The number of nitrogens with zero attached hydrogens (tertiary/aromatic N) is 7. The molecule has 0 atom stereocenters. The van der Waals surface area contributed by atoms with E-state index in [2.05, 4.69) is 30.8 Å². The average Bonchev–Trinajstić information content (AvgIpc) is 3.01. The Hall–Kier alpha value is -2.57. The predicted octanol–water partition coefficient (Wildman–Crippen LogP) is 0.0765. The Kier molecular flexibility index (Phi) is 1.93. The fourth-order valence-corrected chi connectivity index (χ4v) is 1.30. The first kappa shape index (κ1) is 8.72. The monoisotopic (exact) mass is 212 g/mol. The third kappa shape index (κ3) is 1.44. The Morgan fingerprint density at radius 2 is 2.00 bits per heavy atom. The maximum atomic E-state index is 4.22. The van der Waals surface area contributed by atoms with E-state index in [-0.39, 0.29) is 0 Å². The molecule has 1 aromatic carbocycles. The van der Waals surface area contributed by atoms with Gasteiger partial charge >= 0.3 is 0 Å². The highest BCUT2D eigenvalue weighted by atomic mass is 15.5. The van der Waals surface area contributed by atoms with Gasteiger partial charge in [0, 0.05) is 0 Å². The van der Waals surface area contributed by atoms with Crippen molar-refractivity contribution in [1.29, 1.82) is 0 Å². The molecule has 0 fully saturated rings. The topological polar surface area (TPSA) is 83.5 Å². The Morgan fingerprint density at radius 3 is 2.75 bits per heavy atom. The number of aromatic nitrogens is 7. The van der Waals surface area contributed by atoms with Crippen LogP contribution in [0.3, 0.4) is 0 Å². The van der Waals surface area contributed by atoms with Crippen LogP contribution in [0.5, 0.6) is 0 Å². The molecule has 3 rings (SSSR count). The normalized spacial score (nSPS) is 10.5. The number of tetrazole rings is 1. The molecule has 7 nitrogen and oxygen atoms in total. The van der Waals surface area contributed by atoms with Crippen molar-refractivity contribution in [2.75, 3.05) is 0 Å². The first-order valence-corrected chi connectivity index (χ1v) is 4.60. The molecule has 0 aliphatic rings. The van der Waals surface area contributed by atoms with Gasteiger partial charge in [-0.2, -0.15) is 15.1 Å². The predicted molar refractivity (Wildman–Crippen MR) is 53.5 cm³/mol. The quantitative estimate of drug-likeness (QED) is 0.598. The van der Waals surface area contributed by atoms with Gasteiger partial charge in [0.1, 0.15) is 5.69 Å². The lowest BCUT2D eigenvalue weighted by Gasteiger charge is -1.97. The van der Waals surface area contributed by atoms with Crippen molar-refractivity contribution in [3.8, 4) is 17.2 Å². The highest BCUT2D eigenvalue weighted by molar-refractivity contribution is 5.45. The van der Waals surface area contributed by atoms with Crippen molar-refractivity contribution in [3.05, 3.63) is 36.5 Å². The highest BCUT2D eigenvalue weighted by Crippen LogP contribution is 2.09. The molecule has 7 heteroatoms. The zero-order valence-corrected chi connectivity index (χ0v) is 8.09. The maximum Gasteiger partial charge on any atom is 0.120 e. The summed E-state index contributed by atoms with van der Waals surface area (Å²) >= 11 is 0. The molecule has 16 heavy (non-hydrogen) atoms. The summed E-state index contributed by atoms with van der Waals surface area (Å²) in [7, 11) is 0. The first-order valence-electron chi connectivity index (χ1n) is 4.60. The molecular formula is C9H6N7-. The van der Waals surface area contributed by atoms with Crippen molar-refractivity contribution >= 4 is 0 Å². The van der Waals surface area contributed by atoms with Crippen LogP contribution in [-0.4, -0.2) is 30.5 Å². The third-order valence-electron chi connectivity index (χ3n) is 2.03. The Balaban J connectivity index is 2.00. The van der Waals surface area contributed by atoms with Gasteiger partial charge in [0.2, 0.25) is 0 Å². The van der Waals surface area contributed by atoms with Gasteiger partial charge in [-0.15, -0.1) is 5.10 Å². The molecule has 0 radical (unpaired) electrons. The molecule has 0 N–H and O–H groups in total. The smallest absolute Gasteiger partial charge is 0.120 e. The fraction of sp³-hybridized carbons (Fsp3) is 0. The summed E-state index contributed by atoms with van der Waals surface area (Å²) in [5.74, 6) is 0.377. The summed E-state index contributed by atoms with van der Waals surface area (Å²) < 4.78 is 0. The van der Waals surface area contributed by atoms with Crippen molar-refractivity contribution in [2.24, 2.45) is 0 Å². The van der Waals surface area contributed by atoms with Crippen LogP contribution in [0.25, 0.3) is 17.2 Å². The molecule has 0 saturated carbocycles. The SMILES string of the molecule is c1ccc(-n2ncc(-c3nnn[n-]3)n2)cc1. The van der Waals surface area contributed by atoms with Crippen molar-refractivity contribution in [3.63, 3.8) is 0 Å². The summed E-state index contributed by atoms with van der Waals surface area (Å²) in [5.41, 5.74) is 1.43. The van der Waals surface area contributed by atoms with Crippen LogP contribution in [0.2, 0.25) is 0 Å². The van der Waals surface area contributed by atoms with Crippen LogP contribution in [0.1, 0.15) is 0 Å². The second-order valence-electron chi connectivity index (χ2n) is 3.06. The van der Waals surface area contributed by atoms with E-state index in [0.29, 0.717) is 11.5 Å². The first-order chi connectivity index (χ1) is 7.93. The third-order valence-corrected chi connectivity index (χ3v) is 2.03. The number of rotatable bonds is 2. The Labute approximate surface area is 90.1 Å². The molecule has 3 aromatic rings. The molecule has 0 unspecified atom stereocenters. The summed E-state index contributed by atoms with van der Waals surface area (Å²) in [5, 5.41) is 22.5. The molecule has 0 aliphatic carbocycles. The van der Waals surface area contributed by atoms with E-state index < -0.39 is 0 Å². The van der Waals surface area contributed by atoms with E-state index in [4.69, 9.17) is 0 Å². The lowest BCUT2D eigenvalue weighted by Crippen LogP contribution is -1.98. The summed E-state index contributed by atoms with van der Waals surface area (Å²) in [6, 6.07) is 9.58. The van der Waals surface area contributed by atoms with Gasteiger partial charge in [0.05, 0.1) is 17.7 Å². The minimum absolute atomic E-state index is 0.377. The number of benzene rings is 1. The fourth-order valence-electron chi connectivity index (χ4n) is 1.30. The Morgan fingerprint density at radius 1 is 1.12 bits per heavy atom. The van der Waals surface area contributed by atoms with Gasteiger partial charge in [-0.3, -0.25) is 10.3 Å². The van der Waals surface area contributed by atoms with Crippen LogP contribution in [0.4, 0.5) is 0 Å². The van der Waals surface area contributed by atoms with E-state index in [1.54, 1.807) is 6.20 Å². The number of hydrogen-bond donors (Lipinski definition) is 0. The zero-order chi connectivity index (χ0) is 10.8. The van der Waals surface area contributed by atoms with Crippen LogP contribution < -0.4 is 5.10 Å². The minimum Gasteiger partial charge on any atom is -0.329 e. The van der Waals surface area contributed by atoms with Crippen molar-refractivity contribution < 1.29 is 0 Å². The minimum atomic E-state index is 0.377. The molecule has 2 heterocycles. The second-order valence-corrected chi connectivity index (χ2v) is 3.06. The van der Waals surface area contributed by atoms with Crippen LogP contribution >= 0.6 is 0 Å². The maximum absolute atomic E-state index is 4.22. The largest absolute Gasteiger partial charge is 0.329 e. The summed E-state index contributed by atoms with van der Waals surface area (Å²) in [6.07, 6.45) is 1.58. The van der Waals surface area contributed by atoms with Gasteiger partial charge in [-0.1, -0.05) is 18.2 Å². The van der Waals surface area contributed by atoms with Gasteiger partial charge in [-0.25, -0.2) is 0 Å². The summed E-state index contributed by atoms with van der Waals surface area (Å²) in [6.45, 7) is 0. The number of hydrogen-bond acceptors (Lipinski definition) is 5. The lowest BCUT2D eigenvalue weighted by atomic mass is 10.3. The lowest BCUT2D eigenvalue weighted by molar-refractivity contribution is 0.752. The molecule has 2 aromatic heterocycles. The Bertz CT molecular complexity index is 569. The van der Waals surface area contributed by atoms with Crippen LogP contribution in [0.15, 0.2) is 36.5 Å². The molecule has 0 saturated heterocycles. The highest BCUT2D eigenvalue weighted by Gasteiger charge is 2.03. The van der Waals surface area contributed by atoms with Gasteiger partial charge in [0.15, 0.2) is 0 Å². The zero-order valence-electron chi connectivity index (χ0n) is 8.09. The standard InChI is InChI=1S/C9H6N7/c1-2-4-7(5-3-1)16-10-6-8(13-16)9-11-14-15-12-9/h1-6H/q-1. The molecule has 0 amide bonds. The van der Waals surface area contributed by atoms with E-state index in [1.807, 2.05) is 30.3 Å². The van der Waals surface area contributed by atoms with E-state index >= 15 is 0 Å². The van der Waals surface area contributed by atoms with E-state index in [9.17, 15) is 0 Å². The molecule has 78 valence electrons. The molecule has 0 aliphatic heterocycles.